The zero-order valence-corrected chi connectivity index (χ0v) is 15.4. The summed E-state index contributed by atoms with van der Waals surface area (Å²) in [4.78, 5) is 15.3. The minimum Gasteiger partial charge on any atom is -0.258 e. The fraction of sp³-hybridized carbons (Fsp3) is 0. The molecule has 0 fully saturated rings. The normalized spacial score (nSPS) is 10.7. The standard InChI is InChI=1S/C17H8Cl4N2O2/c18-9-1-3-11(13(20)7-9)15-5-6-16(23(24)25)17(22-15)12-4-2-10(19)8-14(12)21/h1-8H. The molecular weight excluding hydrogens is 406 g/mol. The summed E-state index contributed by atoms with van der Waals surface area (Å²) >= 11 is 24.2. The van der Waals surface area contributed by atoms with Gasteiger partial charge in [-0.25, -0.2) is 4.98 Å². The lowest BCUT2D eigenvalue weighted by atomic mass is 10.1. The highest BCUT2D eigenvalue weighted by Crippen LogP contribution is 2.37. The molecule has 0 bridgehead atoms. The van der Waals surface area contributed by atoms with E-state index in [0.29, 0.717) is 31.9 Å². The summed E-state index contributed by atoms with van der Waals surface area (Å²) in [6, 6.07) is 12.5. The predicted molar refractivity (Wildman–Crippen MR) is 102 cm³/mol. The minimum absolute atomic E-state index is 0.134. The molecule has 0 aliphatic heterocycles. The molecule has 0 amide bonds. The maximum atomic E-state index is 11.4. The van der Waals surface area contributed by atoms with Gasteiger partial charge in [0.25, 0.3) is 5.69 Å². The Balaban J connectivity index is 2.24. The molecule has 0 saturated heterocycles. The Morgan fingerprint density at radius 1 is 0.800 bits per heavy atom. The third-order valence-electron chi connectivity index (χ3n) is 3.46. The lowest BCUT2D eigenvalue weighted by Crippen LogP contribution is -1.97. The molecule has 3 aromatic rings. The van der Waals surface area contributed by atoms with Gasteiger partial charge >= 0.3 is 0 Å². The van der Waals surface area contributed by atoms with Gasteiger partial charge < -0.3 is 0 Å². The fourth-order valence-corrected chi connectivity index (χ4v) is 3.33. The average Bonchev–Trinajstić information content (AvgIpc) is 2.54. The van der Waals surface area contributed by atoms with E-state index in [4.69, 9.17) is 46.4 Å². The van der Waals surface area contributed by atoms with Gasteiger partial charge in [0, 0.05) is 27.2 Å². The fourth-order valence-electron chi connectivity index (χ4n) is 2.33. The van der Waals surface area contributed by atoms with Crippen molar-refractivity contribution < 1.29 is 4.92 Å². The van der Waals surface area contributed by atoms with Gasteiger partial charge in [-0.15, -0.1) is 0 Å². The van der Waals surface area contributed by atoms with Crippen LogP contribution in [-0.2, 0) is 0 Å². The van der Waals surface area contributed by atoms with Crippen molar-refractivity contribution in [1.29, 1.82) is 0 Å². The van der Waals surface area contributed by atoms with Crippen LogP contribution in [0.1, 0.15) is 0 Å². The topological polar surface area (TPSA) is 56.0 Å². The summed E-state index contributed by atoms with van der Waals surface area (Å²) in [6.45, 7) is 0. The first kappa shape index (κ1) is 18.0. The van der Waals surface area contributed by atoms with Crippen LogP contribution in [0.15, 0.2) is 48.5 Å². The van der Waals surface area contributed by atoms with E-state index >= 15 is 0 Å². The van der Waals surface area contributed by atoms with Crippen LogP contribution in [0, 0.1) is 10.1 Å². The smallest absolute Gasteiger partial charge is 0.258 e. The molecule has 0 saturated carbocycles. The first-order valence-corrected chi connectivity index (χ1v) is 8.44. The van der Waals surface area contributed by atoms with Crippen molar-refractivity contribution in [2.75, 3.05) is 0 Å². The van der Waals surface area contributed by atoms with Crippen molar-refractivity contribution in [3.8, 4) is 22.5 Å². The van der Waals surface area contributed by atoms with Crippen LogP contribution in [0.25, 0.3) is 22.5 Å². The molecule has 0 atom stereocenters. The predicted octanol–water partition coefficient (Wildman–Crippen LogP) is 6.94. The largest absolute Gasteiger partial charge is 0.295 e. The molecule has 0 spiro atoms. The van der Waals surface area contributed by atoms with E-state index in [2.05, 4.69) is 4.98 Å². The third kappa shape index (κ3) is 3.72. The van der Waals surface area contributed by atoms with E-state index in [-0.39, 0.29) is 16.4 Å². The molecule has 1 aromatic heterocycles. The Morgan fingerprint density at radius 3 is 1.88 bits per heavy atom. The van der Waals surface area contributed by atoms with E-state index in [0.717, 1.165) is 0 Å². The molecule has 4 nitrogen and oxygen atoms in total. The average molecular weight is 414 g/mol. The van der Waals surface area contributed by atoms with Crippen molar-refractivity contribution in [2.24, 2.45) is 0 Å². The number of aromatic nitrogens is 1. The maximum absolute atomic E-state index is 11.4. The molecule has 8 heteroatoms. The van der Waals surface area contributed by atoms with Crippen LogP contribution < -0.4 is 0 Å². The first-order chi connectivity index (χ1) is 11.9. The lowest BCUT2D eigenvalue weighted by molar-refractivity contribution is -0.384. The molecule has 0 N–H and O–H groups in total. The summed E-state index contributed by atoms with van der Waals surface area (Å²) in [6.07, 6.45) is 0. The highest BCUT2D eigenvalue weighted by molar-refractivity contribution is 6.37. The highest BCUT2D eigenvalue weighted by atomic mass is 35.5. The zero-order valence-electron chi connectivity index (χ0n) is 12.3. The molecule has 0 aliphatic carbocycles. The molecule has 0 unspecified atom stereocenters. The second kappa shape index (κ2) is 7.18. The van der Waals surface area contributed by atoms with Gasteiger partial charge in [0.15, 0.2) is 0 Å². The van der Waals surface area contributed by atoms with Crippen molar-refractivity contribution in [1.82, 2.24) is 4.98 Å². The Morgan fingerprint density at radius 2 is 1.36 bits per heavy atom. The number of hydrogen-bond acceptors (Lipinski definition) is 3. The van der Waals surface area contributed by atoms with E-state index in [9.17, 15) is 10.1 Å². The quantitative estimate of drug-likeness (QED) is 0.345. The molecule has 3 rings (SSSR count). The maximum Gasteiger partial charge on any atom is 0.295 e. The Labute approximate surface area is 163 Å². The minimum atomic E-state index is -0.513. The Kier molecular flexibility index (Phi) is 5.16. The molecule has 0 radical (unpaired) electrons. The summed E-state index contributed by atoms with van der Waals surface area (Å²) in [5, 5.41) is 12.9. The van der Waals surface area contributed by atoms with Gasteiger partial charge in [0.2, 0.25) is 0 Å². The number of rotatable bonds is 3. The molecule has 126 valence electrons. The van der Waals surface area contributed by atoms with Crippen LogP contribution in [0.4, 0.5) is 5.69 Å². The molecule has 25 heavy (non-hydrogen) atoms. The van der Waals surface area contributed by atoms with Gasteiger partial charge in [-0.3, -0.25) is 10.1 Å². The van der Waals surface area contributed by atoms with E-state index in [1.54, 1.807) is 30.3 Å². The van der Waals surface area contributed by atoms with E-state index in [1.165, 1.54) is 18.2 Å². The second-order valence-electron chi connectivity index (χ2n) is 5.07. The monoisotopic (exact) mass is 412 g/mol. The summed E-state index contributed by atoms with van der Waals surface area (Å²) in [5.41, 5.74) is 1.44. The highest BCUT2D eigenvalue weighted by Gasteiger charge is 2.21. The summed E-state index contributed by atoms with van der Waals surface area (Å²) in [5.74, 6) is 0. The summed E-state index contributed by atoms with van der Waals surface area (Å²) < 4.78 is 0. The van der Waals surface area contributed by atoms with Gasteiger partial charge in [-0.05, 0) is 42.5 Å². The number of pyridine rings is 1. The van der Waals surface area contributed by atoms with Crippen LogP contribution in [0.3, 0.4) is 0 Å². The van der Waals surface area contributed by atoms with Crippen molar-refractivity contribution >= 4 is 52.1 Å². The lowest BCUT2D eigenvalue weighted by Gasteiger charge is -2.09. The van der Waals surface area contributed by atoms with Crippen molar-refractivity contribution in [2.45, 2.75) is 0 Å². The molecular formula is C17H8Cl4N2O2. The third-order valence-corrected chi connectivity index (χ3v) is 4.56. The number of hydrogen-bond donors (Lipinski definition) is 0. The molecule has 1 heterocycles. The van der Waals surface area contributed by atoms with Gasteiger partial charge in [0.05, 0.1) is 20.7 Å². The van der Waals surface area contributed by atoms with Gasteiger partial charge in [0.1, 0.15) is 5.69 Å². The molecule has 0 aliphatic rings. The second-order valence-corrected chi connectivity index (χ2v) is 6.76. The Bertz CT molecular complexity index is 992. The van der Waals surface area contributed by atoms with Crippen molar-refractivity contribution in [3.63, 3.8) is 0 Å². The molecule has 2 aromatic carbocycles. The Hall–Kier alpha value is -1.85. The van der Waals surface area contributed by atoms with Crippen LogP contribution in [-0.4, -0.2) is 9.91 Å². The van der Waals surface area contributed by atoms with Crippen LogP contribution >= 0.6 is 46.4 Å². The number of benzene rings is 2. The van der Waals surface area contributed by atoms with Crippen molar-refractivity contribution in [3.05, 3.63) is 78.7 Å². The number of halogens is 4. The zero-order chi connectivity index (χ0) is 18.1. The van der Waals surface area contributed by atoms with Gasteiger partial charge in [-0.1, -0.05) is 46.4 Å². The van der Waals surface area contributed by atoms with Crippen LogP contribution in [0.2, 0.25) is 20.1 Å². The summed E-state index contributed by atoms with van der Waals surface area (Å²) in [7, 11) is 0. The first-order valence-electron chi connectivity index (χ1n) is 6.93. The van der Waals surface area contributed by atoms with E-state index < -0.39 is 4.92 Å². The van der Waals surface area contributed by atoms with E-state index in [1.807, 2.05) is 0 Å². The van der Waals surface area contributed by atoms with Crippen LogP contribution in [0.5, 0.6) is 0 Å². The van der Waals surface area contributed by atoms with Gasteiger partial charge in [-0.2, -0.15) is 0 Å². The number of nitro groups is 1. The SMILES string of the molecule is O=[N+]([O-])c1ccc(-c2ccc(Cl)cc2Cl)nc1-c1ccc(Cl)cc1Cl. The number of nitrogens with zero attached hydrogens (tertiary/aromatic N) is 2.